The first-order valence-electron chi connectivity index (χ1n) is 1.26. The maximum atomic E-state index is 7.73. The van der Waals surface area contributed by atoms with E-state index in [0.717, 1.165) is 0 Å². The number of hydrogen-bond donors (Lipinski definition) is 1. The van der Waals surface area contributed by atoms with E-state index in [2.05, 4.69) is 0 Å². The lowest BCUT2D eigenvalue weighted by atomic mass is 10.4. The lowest BCUT2D eigenvalue weighted by molar-refractivity contribution is 1.15. The van der Waals surface area contributed by atoms with Gasteiger partial charge in [0.15, 0.2) is 0 Å². The molecule has 0 aliphatic carbocycles. The molecule has 0 aromatic rings. The Morgan fingerprint density at radius 2 is 2.20 bits per heavy atom. The highest BCUT2D eigenvalue weighted by Crippen LogP contribution is 1.73. The highest BCUT2D eigenvalue weighted by atomic mass is 14.6. The fraction of sp³-hybridized carbons (Fsp3) is 0.333. The fourth-order valence-electron chi connectivity index (χ4n) is 0. The largest absolute Gasteiger partial charge is 0.311 e. The summed E-state index contributed by atoms with van der Waals surface area (Å²) in [5.74, 6) is 0. The van der Waals surface area contributed by atoms with Crippen LogP contribution in [0.5, 0.6) is 0 Å². The normalized spacial score (nSPS) is 7.60. The molecule has 0 saturated carbocycles. The summed E-state index contributed by atoms with van der Waals surface area (Å²) in [4.78, 5) is 0. The Bertz CT molecular complexity index is 50.4. The van der Waals surface area contributed by atoms with Gasteiger partial charge in [-0.05, 0) is 6.92 Å². The number of rotatable bonds is 0. The molecule has 0 rings (SSSR count). The molecular formula is C3H5N2. The highest BCUT2D eigenvalue weighted by Gasteiger charge is 1.80. The van der Waals surface area contributed by atoms with Crippen LogP contribution in [0.4, 0.5) is 0 Å². The van der Waals surface area contributed by atoms with Gasteiger partial charge in [-0.3, -0.25) is 0 Å². The molecule has 0 fully saturated rings. The van der Waals surface area contributed by atoms with Crippen molar-refractivity contribution in [1.82, 2.24) is 0 Å². The third-order valence-corrected chi connectivity index (χ3v) is 0.176. The molecule has 1 radical (unpaired) electrons. The monoisotopic (exact) mass is 69.0 g/mol. The summed E-state index contributed by atoms with van der Waals surface area (Å²) in [5, 5.41) is 7.73. The zero-order valence-corrected chi connectivity index (χ0v) is 3.02. The first-order chi connectivity index (χ1) is 2.27. The van der Waals surface area contributed by atoms with Crippen LogP contribution < -0.4 is 5.73 Å². The van der Waals surface area contributed by atoms with Gasteiger partial charge >= 0.3 is 0 Å². The van der Waals surface area contributed by atoms with Crippen molar-refractivity contribution < 1.29 is 0 Å². The number of nitrogens with two attached hydrogens (primary N) is 1. The van der Waals surface area contributed by atoms with E-state index in [1.165, 1.54) is 0 Å². The number of nitrogens with zero attached hydrogens (tertiary/aromatic N) is 1. The van der Waals surface area contributed by atoms with Crippen LogP contribution in [0.2, 0.25) is 0 Å². The molecular weight excluding hydrogens is 64.0 g/mol. The summed E-state index contributed by atoms with van der Waals surface area (Å²) < 4.78 is 0. The Kier molecular flexibility index (Phi) is 1.55. The molecule has 0 aromatic heterocycles. The van der Waals surface area contributed by atoms with Gasteiger partial charge in [-0.2, -0.15) is 5.26 Å². The fourth-order valence-corrected chi connectivity index (χ4v) is 0. The van der Waals surface area contributed by atoms with E-state index in [-0.39, 0.29) is 0 Å². The SMILES string of the molecule is C[C](N)C#N. The van der Waals surface area contributed by atoms with Crippen LogP contribution >= 0.6 is 0 Å². The summed E-state index contributed by atoms with van der Waals surface area (Å²) in [6, 6.07) is 2.03. The quantitative estimate of drug-likeness (QED) is 0.436. The predicted molar refractivity (Wildman–Crippen MR) is 18.7 cm³/mol. The van der Waals surface area contributed by atoms with Crippen molar-refractivity contribution in [3.8, 4) is 6.07 Å². The van der Waals surface area contributed by atoms with Crippen LogP contribution in [-0.4, -0.2) is 0 Å². The van der Waals surface area contributed by atoms with E-state index < -0.39 is 0 Å². The Labute approximate surface area is 31.2 Å². The minimum Gasteiger partial charge on any atom is -0.311 e. The van der Waals surface area contributed by atoms with E-state index in [1.807, 2.05) is 0 Å². The molecule has 2 nitrogen and oxygen atoms in total. The molecule has 2 N–H and O–H groups in total. The molecule has 2 heteroatoms. The Morgan fingerprint density at radius 1 is 2.00 bits per heavy atom. The van der Waals surface area contributed by atoms with Crippen LogP contribution in [0.1, 0.15) is 6.92 Å². The molecule has 0 amide bonds. The minimum atomic E-state index is 0.310. The van der Waals surface area contributed by atoms with Crippen LogP contribution in [0, 0.1) is 17.4 Å². The standard InChI is InChI=1S/C3H5N2/c1-3(5)2-4/h5H2,1H3. The van der Waals surface area contributed by atoms with Gasteiger partial charge in [-0.1, -0.05) is 0 Å². The van der Waals surface area contributed by atoms with Crippen molar-refractivity contribution >= 4 is 0 Å². The summed E-state index contributed by atoms with van der Waals surface area (Å²) in [6.07, 6.45) is 0. The van der Waals surface area contributed by atoms with Gasteiger partial charge in [0.05, 0.1) is 6.07 Å². The van der Waals surface area contributed by atoms with Gasteiger partial charge in [0.1, 0.15) is 6.04 Å². The van der Waals surface area contributed by atoms with Crippen LogP contribution in [0.15, 0.2) is 0 Å². The third kappa shape index (κ3) is 3.45. The summed E-state index contributed by atoms with van der Waals surface area (Å²) >= 11 is 0. The van der Waals surface area contributed by atoms with Crippen molar-refractivity contribution in [1.29, 1.82) is 5.26 Å². The maximum Gasteiger partial charge on any atom is 0.132 e. The molecule has 0 unspecified atom stereocenters. The van der Waals surface area contributed by atoms with Gasteiger partial charge in [0.25, 0.3) is 0 Å². The summed E-state index contributed by atoms with van der Waals surface area (Å²) in [7, 11) is 0. The van der Waals surface area contributed by atoms with Gasteiger partial charge in [0.2, 0.25) is 0 Å². The van der Waals surface area contributed by atoms with Gasteiger partial charge < -0.3 is 5.73 Å². The average molecular weight is 69.1 g/mol. The second kappa shape index (κ2) is 1.74. The predicted octanol–water partition coefficient (Wildman–Crippen LogP) is 0.0206. The zero-order valence-electron chi connectivity index (χ0n) is 3.02. The highest BCUT2D eigenvalue weighted by molar-refractivity contribution is 5.00. The van der Waals surface area contributed by atoms with Crippen molar-refractivity contribution in [2.45, 2.75) is 6.92 Å². The molecule has 5 heavy (non-hydrogen) atoms. The number of hydrogen-bond acceptors (Lipinski definition) is 2. The molecule has 0 aliphatic rings. The zero-order chi connectivity index (χ0) is 4.28. The average Bonchev–Trinajstić information content (AvgIpc) is 1.38. The number of nitriles is 1. The lowest BCUT2D eigenvalue weighted by Crippen LogP contribution is -1.98. The molecule has 0 aliphatic heterocycles. The second-order valence-corrected chi connectivity index (χ2v) is 0.795. The maximum absolute atomic E-state index is 7.73. The topological polar surface area (TPSA) is 49.8 Å². The van der Waals surface area contributed by atoms with Crippen LogP contribution in [-0.2, 0) is 0 Å². The summed E-state index contributed by atoms with van der Waals surface area (Å²) in [6.45, 7) is 1.56. The smallest absolute Gasteiger partial charge is 0.132 e. The third-order valence-electron chi connectivity index (χ3n) is 0.176. The van der Waals surface area contributed by atoms with Crippen molar-refractivity contribution in [2.24, 2.45) is 5.73 Å². The van der Waals surface area contributed by atoms with E-state index in [4.69, 9.17) is 11.0 Å². The van der Waals surface area contributed by atoms with E-state index in [1.54, 1.807) is 13.0 Å². The van der Waals surface area contributed by atoms with Crippen molar-refractivity contribution in [3.05, 3.63) is 6.04 Å². The van der Waals surface area contributed by atoms with E-state index >= 15 is 0 Å². The molecule has 0 atom stereocenters. The Balaban J connectivity index is 2.94. The van der Waals surface area contributed by atoms with Crippen molar-refractivity contribution in [2.75, 3.05) is 0 Å². The lowest BCUT2D eigenvalue weighted by Gasteiger charge is -1.75. The Hall–Kier alpha value is -0.550. The molecule has 0 heterocycles. The molecule has 27 valence electrons. The first kappa shape index (κ1) is 4.45. The second-order valence-electron chi connectivity index (χ2n) is 0.795. The van der Waals surface area contributed by atoms with Crippen LogP contribution in [0.3, 0.4) is 0 Å². The van der Waals surface area contributed by atoms with E-state index in [0.29, 0.717) is 6.04 Å². The first-order valence-corrected chi connectivity index (χ1v) is 1.26. The molecule has 0 spiro atoms. The van der Waals surface area contributed by atoms with E-state index in [9.17, 15) is 0 Å². The molecule has 0 aromatic carbocycles. The Morgan fingerprint density at radius 3 is 2.20 bits per heavy atom. The van der Waals surface area contributed by atoms with Crippen molar-refractivity contribution in [3.63, 3.8) is 0 Å². The van der Waals surface area contributed by atoms with Gasteiger partial charge in [-0.25, -0.2) is 0 Å². The van der Waals surface area contributed by atoms with Crippen LogP contribution in [0.25, 0.3) is 0 Å². The molecule has 0 saturated heterocycles. The molecule has 0 bridgehead atoms. The minimum absolute atomic E-state index is 0.310. The van der Waals surface area contributed by atoms with Gasteiger partial charge in [0, 0.05) is 0 Å². The van der Waals surface area contributed by atoms with Gasteiger partial charge in [-0.15, -0.1) is 0 Å². The summed E-state index contributed by atoms with van der Waals surface area (Å²) in [5.41, 5.74) is 4.85.